The van der Waals surface area contributed by atoms with Gasteiger partial charge in [-0.15, -0.1) is 0 Å². The van der Waals surface area contributed by atoms with Crippen LogP contribution in [0.1, 0.15) is 11.1 Å². The normalized spacial score (nSPS) is 13.0. The number of hydrogen-bond donors (Lipinski definition) is 1. The zero-order chi connectivity index (χ0) is 14.5. The van der Waals surface area contributed by atoms with Gasteiger partial charge in [-0.2, -0.15) is 9.67 Å². The molecule has 5 heteroatoms. The Balaban J connectivity index is 1.56. The third-order valence-corrected chi connectivity index (χ3v) is 3.22. The van der Waals surface area contributed by atoms with E-state index in [9.17, 15) is 4.79 Å². The summed E-state index contributed by atoms with van der Waals surface area (Å²) in [7, 11) is 0. The maximum Gasteiger partial charge on any atom is 0.305 e. The fraction of sp³-hybridized carbons (Fsp3) is 0.188. The third-order valence-electron chi connectivity index (χ3n) is 3.22. The highest BCUT2D eigenvalue weighted by Gasteiger charge is 2.11. The number of aromatic nitrogens is 1. The monoisotopic (exact) mass is 282 g/mol. The molecule has 1 amide bonds. The van der Waals surface area contributed by atoms with Crippen LogP contribution in [0.4, 0.5) is 0 Å². The van der Waals surface area contributed by atoms with Gasteiger partial charge >= 0.3 is 5.91 Å². The van der Waals surface area contributed by atoms with Gasteiger partial charge in [0.15, 0.2) is 12.4 Å². The number of rotatable bonds is 4. The molecule has 1 aliphatic rings. The molecule has 0 fully saturated rings. The van der Waals surface area contributed by atoms with Crippen LogP contribution >= 0.6 is 0 Å². The molecule has 21 heavy (non-hydrogen) atoms. The van der Waals surface area contributed by atoms with E-state index in [1.807, 2.05) is 48.8 Å². The molecular formula is C16H16N3O2+. The summed E-state index contributed by atoms with van der Waals surface area (Å²) in [6, 6.07) is 11.6. The number of carbonyl (C=O) groups excluding carboxylic acids is 1. The summed E-state index contributed by atoms with van der Waals surface area (Å²) in [4.78, 5) is 11.7. The van der Waals surface area contributed by atoms with Gasteiger partial charge in [-0.1, -0.05) is 6.07 Å². The van der Waals surface area contributed by atoms with Crippen LogP contribution in [-0.4, -0.2) is 18.7 Å². The van der Waals surface area contributed by atoms with Crippen LogP contribution in [-0.2, 0) is 17.8 Å². The number of benzene rings is 1. The molecule has 0 atom stereocenters. The van der Waals surface area contributed by atoms with Crippen molar-refractivity contribution < 1.29 is 14.1 Å². The fourth-order valence-corrected chi connectivity index (χ4v) is 2.21. The highest BCUT2D eigenvalue weighted by molar-refractivity contribution is 5.82. The molecule has 2 aromatic rings. The van der Waals surface area contributed by atoms with Crippen LogP contribution in [0.2, 0.25) is 0 Å². The first-order valence-corrected chi connectivity index (χ1v) is 6.83. The number of nitrogens with one attached hydrogen (secondary N) is 1. The van der Waals surface area contributed by atoms with Crippen LogP contribution in [0.25, 0.3) is 0 Å². The lowest BCUT2D eigenvalue weighted by Crippen LogP contribution is -2.40. The van der Waals surface area contributed by atoms with E-state index in [4.69, 9.17) is 4.74 Å². The number of pyridine rings is 1. The van der Waals surface area contributed by atoms with E-state index < -0.39 is 0 Å². The summed E-state index contributed by atoms with van der Waals surface area (Å²) in [6.45, 7) is 0.983. The van der Waals surface area contributed by atoms with Gasteiger partial charge in [0.25, 0.3) is 0 Å². The lowest BCUT2D eigenvalue weighted by molar-refractivity contribution is -0.684. The van der Waals surface area contributed by atoms with Crippen LogP contribution in [0.3, 0.4) is 0 Å². The number of fused-ring (bicyclic) bond motifs is 1. The fourth-order valence-electron chi connectivity index (χ4n) is 2.21. The van der Waals surface area contributed by atoms with E-state index in [-0.39, 0.29) is 12.5 Å². The van der Waals surface area contributed by atoms with E-state index in [2.05, 4.69) is 10.5 Å². The second-order valence-corrected chi connectivity index (χ2v) is 4.81. The Kier molecular flexibility index (Phi) is 3.91. The molecule has 0 spiro atoms. The zero-order valence-corrected chi connectivity index (χ0v) is 11.5. The van der Waals surface area contributed by atoms with E-state index in [1.54, 1.807) is 10.8 Å². The summed E-state index contributed by atoms with van der Waals surface area (Å²) < 4.78 is 7.23. The molecule has 0 aliphatic carbocycles. The summed E-state index contributed by atoms with van der Waals surface area (Å²) in [6.07, 6.45) is 6.24. The van der Waals surface area contributed by atoms with Crippen molar-refractivity contribution in [3.63, 3.8) is 0 Å². The zero-order valence-electron chi connectivity index (χ0n) is 11.5. The van der Waals surface area contributed by atoms with Gasteiger partial charge in [-0.25, -0.2) is 5.43 Å². The van der Waals surface area contributed by atoms with E-state index in [0.29, 0.717) is 0 Å². The molecule has 0 saturated carbocycles. The van der Waals surface area contributed by atoms with E-state index in [0.717, 1.165) is 24.3 Å². The smallest absolute Gasteiger partial charge is 0.305 e. The molecule has 0 bridgehead atoms. The molecule has 0 unspecified atom stereocenters. The van der Waals surface area contributed by atoms with Crippen LogP contribution < -0.4 is 14.7 Å². The molecular weight excluding hydrogens is 266 g/mol. The molecule has 2 heterocycles. The lowest BCUT2D eigenvalue weighted by atomic mass is 10.1. The van der Waals surface area contributed by atoms with E-state index >= 15 is 0 Å². The summed E-state index contributed by atoms with van der Waals surface area (Å²) in [5.74, 6) is 0.781. The topological polar surface area (TPSA) is 54.6 Å². The Morgan fingerprint density at radius 3 is 3.05 bits per heavy atom. The Hall–Kier alpha value is -2.69. The molecule has 1 N–H and O–H groups in total. The summed E-state index contributed by atoms with van der Waals surface area (Å²) in [5.41, 5.74) is 4.66. The minimum Gasteiger partial charge on any atom is -0.493 e. The first kappa shape index (κ1) is 13.3. The van der Waals surface area contributed by atoms with Gasteiger partial charge in [0.2, 0.25) is 6.54 Å². The van der Waals surface area contributed by atoms with Crippen LogP contribution in [0.15, 0.2) is 53.9 Å². The van der Waals surface area contributed by atoms with Crippen LogP contribution in [0, 0.1) is 0 Å². The number of hydrogen-bond acceptors (Lipinski definition) is 3. The second kappa shape index (κ2) is 6.17. The van der Waals surface area contributed by atoms with Crippen molar-refractivity contribution in [2.45, 2.75) is 13.0 Å². The molecule has 106 valence electrons. The maximum absolute atomic E-state index is 11.7. The molecule has 5 nitrogen and oxygen atoms in total. The predicted molar refractivity (Wildman–Crippen MR) is 78.0 cm³/mol. The maximum atomic E-state index is 11.7. The molecule has 3 rings (SSSR count). The molecule has 0 saturated heterocycles. The van der Waals surface area contributed by atoms with Crippen molar-refractivity contribution in [3.05, 3.63) is 59.9 Å². The van der Waals surface area contributed by atoms with Crippen molar-refractivity contribution in [1.29, 1.82) is 0 Å². The Bertz CT molecular complexity index is 668. The minimum atomic E-state index is -0.160. The van der Waals surface area contributed by atoms with Crippen molar-refractivity contribution in [3.8, 4) is 5.75 Å². The average molecular weight is 282 g/mol. The second-order valence-electron chi connectivity index (χ2n) is 4.81. The van der Waals surface area contributed by atoms with Gasteiger partial charge in [-0.05, 0) is 29.3 Å². The SMILES string of the molecule is O=C(C[n+]1ccccc1)N/N=C/c1ccc2c(c1)CCO2. The van der Waals surface area contributed by atoms with E-state index in [1.165, 1.54) is 5.56 Å². The molecule has 1 aromatic carbocycles. The Morgan fingerprint density at radius 1 is 1.33 bits per heavy atom. The van der Waals surface area contributed by atoms with Gasteiger partial charge in [0, 0.05) is 18.6 Å². The van der Waals surface area contributed by atoms with Crippen molar-refractivity contribution in [1.82, 2.24) is 5.43 Å². The van der Waals surface area contributed by atoms with Gasteiger partial charge in [0.05, 0.1) is 12.8 Å². The molecule has 0 radical (unpaired) electrons. The Labute approximate surface area is 122 Å². The quantitative estimate of drug-likeness (QED) is 0.518. The first-order valence-electron chi connectivity index (χ1n) is 6.83. The largest absolute Gasteiger partial charge is 0.493 e. The number of ether oxygens (including phenoxy) is 1. The first-order chi connectivity index (χ1) is 10.3. The number of hydrazone groups is 1. The predicted octanol–water partition coefficient (Wildman–Crippen LogP) is 1.06. The van der Waals surface area contributed by atoms with Crippen LogP contribution in [0.5, 0.6) is 5.75 Å². The average Bonchev–Trinajstić information content (AvgIpc) is 2.96. The molecule has 1 aliphatic heterocycles. The van der Waals surface area contributed by atoms with Crippen molar-refractivity contribution >= 4 is 12.1 Å². The standard InChI is InChI=1S/C16H15N3O2/c20-16(12-19-7-2-1-3-8-19)18-17-11-13-4-5-15-14(10-13)6-9-21-15/h1-5,7-8,10-11H,6,9,12H2/p+1/b17-11+. The van der Waals surface area contributed by atoms with Gasteiger partial charge in [-0.3, -0.25) is 4.79 Å². The highest BCUT2D eigenvalue weighted by atomic mass is 16.5. The van der Waals surface area contributed by atoms with Gasteiger partial charge < -0.3 is 4.74 Å². The number of nitrogens with zero attached hydrogens (tertiary/aromatic N) is 2. The lowest BCUT2D eigenvalue weighted by Gasteiger charge is -1.99. The highest BCUT2D eigenvalue weighted by Crippen LogP contribution is 2.25. The minimum absolute atomic E-state index is 0.160. The third kappa shape index (κ3) is 3.45. The van der Waals surface area contributed by atoms with Crippen molar-refractivity contribution in [2.24, 2.45) is 5.10 Å². The number of amides is 1. The van der Waals surface area contributed by atoms with Crippen molar-refractivity contribution in [2.75, 3.05) is 6.61 Å². The summed E-state index contributed by atoms with van der Waals surface area (Å²) >= 11 is 0. The Morgan fingerprint density at radius 2 is 2.19 bits per heavy atom. The summed E-state index contributed by atoms with van der Waals surface area (Å²) in [5, 5.41) is 3.98. The number of carbonyl (C=O) groups is 1. The van der Waals surface area contributed by atoms with Gasteiger partial charge in [0.1, 0.15) is 5.75 Å². The molecule has 1 aromatic heterocycles.